The largest absolute Gasteiger partial charge is 0.497 e. The van der Waals surface area contributed by atoms with Crippen LogP contribution in [0.15, 0.2) is 36.4 Å². The summed E-state index contributed by atoms with van der Waals surface area (Å²) in [4.78, 5) is 0. The van der Waals surface area contributed by atoms with Crippen molar-refractivity contribution in [2.45, 2.75) is 12.8 Å². The number of hydrogen-bond acceptors (Lipinski definition) is 2. The molecular weight excluding hydrogens is 200 g/mol. The van der Waals surface area contributed by atoms with E-state index in [1.165, 1.54) is 10.9 Å². The fourth-order valence-corrected chi connectivity index (χ4v) is 1.94. The number of rotatable bonds is 3. The fraction of sp³-hybridized carbons (Fsp3) is 0.286. The van der Waals surface area contributed by atoms with Crippen LogP contribution in [0.5, 0.6) is 5.75 Å². The van der Waals surface area contributed by atoms with Crippen LogP contribution >= 0.6 is 0 Å². The molecule has 0 aliphatic carbocycles. The van der Waals surface area contributed by atoms with Gasteiger partial charge in [0.15, 0.2) is 0 Å². The van der Waals surface area contributed by atoms with Crippen molar-refractivity contribution in [2.75, 3.05) is 13.7 Å². The van der Waals surface area contributed by atoms with Crippen molar-refractivity contribution >= 4 is 10.8 Å². The molecule has 1 N–H and O–H groups in total. The Labute approximate surface area is 95.5 Å². The van der Waals surface area contributed by atoms with Gasteiger partial charge in [-0.2, -0.15) is 0 Å². The van der Waals surface area contributed by atoms with Gasteiger partial charge in [-0.1, -0.05) is 31.2 Å². The lowest BCUT2D eigenvalue weighted by molar-refractivity contribution is 0.273. The molecule has 0 amide bonds. The third kappa shape index (κ3) is 1.89. The van der Waals surface area contributed by atoms with Gasteiger partial charge < -0.3 is 9.84 Å². The zero-order chi connectivity index (χ0) is 11.5. The van der Waals surface area contributed by atoms with E-state index in [9.17, 15) is 5.11 Å². The lowest BCUT2D eigenvalue weighted by atomic mass is 9.95. The highest BCUT2D eigenvalue weighted by atomic mass is 16.5. The summed E-state index contributed by atoms with van der Waals surface area (Å²) >= 11 is 0. The zero-order valence-electron chi connectivity index (χ0n) is 9.60. The third-order valence-corrected chi connectivity index (χ3v) is 2.93. The molecule has 2 heteroatoms. The van der Waals surface area contributed by atoms with E-state index in [4.69, 9.17) is 4.74 Å². The zero-order valence-corrected chi connectivity index (χ0v) is 9.60. The first-order valence-corrected chi connectivity index (χ1v) is 5.43. The van der Waals surface area contributed by atoms with Crippen molar-refractivity contribution in [1.82, 2.24) is 0 Å². The Morgan fingerprint density at radius 3 is 2.75 bits per heavy atom. The molecule has 0 saturated carbocycles. The Morgan fingerprint density at radius 2 is 2.06 bits per heavy atom. The summed E-state index contributed by atoms with van der Waals surface area (Å²) in [6.45, 7) is 2.20. The first-order chi connectivity index (χ1) is 7.76. The van der Waals surface area contributed by atoms with Gasteiger partial charge in [0.25, 0.3) is 0 Å². The molecule has 16 heavy (non-hydrogen) atoms. The predicted octanol–water partition coefficient (Wildman–Crippen LogP) is 2.94. The highest BCUT2D eigenvalue weighted by Gasteiger charge is 2.08. The van der Waals surface area contributed by atoms with Gasteiger partial charge in [0.1, 0.15) is 5.75 Å². The lowest BCUT2D eigenvalue weighted by Gasteiger charge is -2.12. The number of aliphatic hydroxyl groups is 1. The quantitative estimate of drug-likeness (QED) is 0.854. The minimum absolute atomic E-state index is 0.164. The summed E-state index contributed by atoms with van der Waals surface area (Å²) in [5.74, 6) is 1.03. The van der Waals surface area contributed by atoms with Crippen LogP contribution in [0.4, 0.5) is 0 Å². The average molecular weight is 216 g/mol. The molecule has 0 spiro atoms. The van der Waals surface area contributed by atoms with Crippen molar-refractivity contribution in [3.05, 3.63) is 42.0 Å². The van der Waals surface area contributed by atoms with E-state index < -0.39 is 0 Å². The maximum Gasteiger partial charge on any atom is 0.119 e. The van der Waals surface area contributed by atoms with E-state index >= 15 is 0 Å². The van der Waals surface area contributed by atoms with E-state index in [1.54, 1.807) is 7.11 Å². The monoisotopic (exact) mass is 216 g/mol. The molecule has 2 aromatic rings. The van der Waals surface area contributed by atoms with Crippen molar-refractivity contribution < 1.29 is 9.84 Å². The van der Waals surface area contributed by atoms with Gasteiger partial charge in [-0.25, -0.2) is 0 Å². The van der Waals surface area contributed by atoms with Crippen LogP contribution in [0.1, 0.15) is 18.4 Å². The SMILES string of the molecule is COc1ccc2c(C(C)CO)cccc2c1. The summed E-state index contributed by atoms with van der Waals surface area (Å²) in [7, 11) is 1.67. The van der Waals surface area contributed by atoms with Crippen LogP contribution in [0.2, 0.25) is 0 Å². The molecule has 0 heterocycles. The molecule has 0 radical (unpaired) electrons. The second-order valence-corrected chi connectivity index (χ2v) is 4.02. The first kappa shape index (κ1) is 11.0. The molecule has 2 rings (SSSR count). The van der Waals surface area contributed by atoms with E-state index in [2.05, 4.69) is 18.2 Å². The lowest BCUT2D eigenvalue weighted by Crippen LogP contribution is -1.99. The predicted molar refractivity (Wildman–Crippen MR) is 66.0 cm³/mol. The van der Waals surface area contributed by atoms with E-state index in [-0.39, 0.29) is 12.5 Å². The number of aliphatic hydroxyl groups excluding tert-OH is 1. The minimum atomic E-state index is 0.164. The van der Waals surface area contributed by atoms with Crippen LogP contribution in [0.3, 0.4) is 0 Å². The van der Waals surface area contributed by atoms with E-state index in [0.29, 0.717) is 0 Å². The second-order valence-electron chi connectivity index (χ2n) is 4.02. The van der Waals surface area contributed by atoms with Gasteiger partial charge in [-0.15, -0.1) is 0 Å². The number of fused-ring (bicyclic) bond motifs is 1. The first-order valence-electron chi connectivity index (χ1n) is 5.43. The molecule has 84 valence electrons. The molecule has 0 aliphatic rings. The Hall–Kier alpha value is -1.54. The fourth-order valence-electron chi connectivity index (χ4n) is 1.94. The topological polar surface area (TPSA) is 29.5 Å². The number of benzene rings is 2. The van der Waals surface area contributed by atoms with Crippen molar-refractivity contribution in [3.63, 3.8) is 0 Å². The summed E-state index contributed by atoms with van der Waals surface area (Å²) in [6, 6.07) is 12.2. The standard InChI is InChI=1S/C14H16O2/c1-10(9-15)13-5-3-4-11-8-12(16-2)6-7-14(11)13/h3-8,10,15H,9H2,1-2H3. The number of methoxy groups -OCH3 is 1. The van der Waals surface area contributed by atoms with Crippen LogP contribution in [-0.4, -0.2) is 18.8 Å². The van der Waals surface area contributed by atoms with Gasteiger partial charge in [0.2, 0.25) is 0 Å². The normalized spacial score (nSPS) is 12.7. The van der Waals surface area contributed by atoms with E-state index in [0.717, 1.165) is 11.1 Å². The molecule has 0 saturated heterocycles. The third-order valence-electron chi connectivity index (χ3n) is 2.93. The summed E-state index contributed by atoms with van der Waals surface area (Å²) in [5.41, 5.74) is 1.18. The molecule has 0 fully saturated rings. The molecule has 1 atom stereocenters. The molecule has 2 aromatic carbocycles. The van der Waals surface area contributed by atoms with Crippen LogP contribution in [0, 0.1) is 0 Å². The Bertz CT molecular complexity index is 491. The van der Waals surface area contributed by atoms with Crippen LogP contribution < -0.4 is 4.74 Å². The molecule has 2 nitrogen and oxygen atoms in total. The Kier molecular flexibility index (Phi) is 3.11. The van der Waals surface area contributed by atoms with Gasteiger partial charge in [0, 0.05) is 12.5 Å². The second kappa shape index (κ2) is 4.54. The van der Waals surface area contributed by atoms with Crippen molar-refractivity contribution in [3.8, 4) is 5.75 Å². The van der Waals surface area contributed by atoms with Crippen molar-refractivity contribution in [2.24, 2.45) is 0 Å². The highest BCUT2D eigenvalue weighted by Crippen LogP contribution is 2.28. The van der Waals surface area contributed by atoms with Crippen LogP contribution in [0.25, 0.3) is 10.8 Å². The summed E-state index contributed by atoms with van der Waals surface area (Å²) in [5, 5.41) is 11.6. The van der Waals surface area contributed by atoms with Gasteiger partial charge in [-0.05, 0) is 28.5 Å². The van der Waals surface area contributed by atoms with Gasteiger partial charge in [0.05, 0.1) is 7.11 Å². The van der Waals surface area contributed by atoms with Crippen LogP contribution in [-0.2, 0) is 0 Å². The average Bonchev–Trinajstić information content (AvgIpc) is 2.36. The molecule has 0 bridgehead atoms. The Morgan fingerprint density at radius 1 is 1.25 bits per heavy atom. The smallest absolute Gasteiger partial charge is 0.119 e. The molecular formula is C14H16O2. The number of hydrogen-bond donors (Lipinski definition) is 1. The molecule has 0 aromatic heterocycles. The van der Waals surface area contributed by atoms with Gasteiger partial charge >= 0.3 is 0 Å². The summed E-state index contributed by atoms with van der Waals surface area (Å²) < 4.78 is 5.20. The Balaban J connectivity index is 2.60. The van der Waals surface area contributed by atoms with E-state index in [1.807, 2.05) is 25.1 Å². The molecule has 0 aliphatic heterocycles. The maximum absolute atomic E-state index is 9.22. The van der Waals surface area contributed by atoms with Crippen molar-refractivity contribution in [1.29, 1.82) is 0 Å². The minimum Gasteiger partial charge on any atom is -0.497 e. The maximum atomic E-state index is 9.22. The summed E-state index contributed by atoms with van der Waals surface area (Å²) in [6.07, 6.45) is 0. The molecule has 1 unspecified atom stereocenters. The highest BCUT2D eigenvalue weighted by molar-refractivity contribution is 5.87. The number of ether oxygens (including phenoxy) is 1. The van der Waals surface area contributed by atoms with Gasteiger partial charge in [-0.3, -0.25) is 0 Å².